The van der Waals surface area contributed by atoms with E-state index in [-0.39, 0.29) is 0 Å². The van der Waals surface area contributed by atoms with Crippen LogP contribution in [0.4, 0.5) is 22.0 Å². The molecule has 0 aromatic carbocycles. The van der Waals surface area contributed by atoms with Crippen LogP contribution in [0.2, 0.25) is 0 Å². The van der Waals surface area contributed by atoms with Gasteiger partial charge in [-0.15, -0.1) is 0 Å². The Bertz CT molecular complexity index is 316. The van der Waals surface area contributed by atoms with Crippen molar-refractivity contribution in [2.75, 3.05) is 0 Å². The first-order chi connectivity index (χ1) is 7.99. The highest BCUT2D eigenvalue weighted by Gasteiger charge is 2.41. The molecule has 0 unspecified atom stereocenters. The second kappa shape index (κ2) is 5.96. The van der Waals surface area contributed by atoms with Crippen molar-refractivity contribution in [3.8, 4) is 0 Å². The molecular formula is C9H12F5NO3. The van der Waals surface area contributed by atoms with Crippen LogP contribution in [0.3, 0.4) is 0 Å². The van der Waals surface area contributed by atoms with Gasteiger partial charge in [-0.25, -0.2) is 13.6 Å². The van der Waals surface area contributed by atoms with E-state index in [2.05, 4.69) is 0 Å². The van der Waals surface area contributed by atoms with Crippen LogP contribution in [0.1, 0.15) is 26.2 Å². The summed E-state index contributed by atoms with van der Waals surface area (Å²) in [6.07, 6.45) is -7.51. The minimum Gasteiger partial charge on any atom is -0.480 e. The maximum atomic E-state index is 12.8. The summed E-state index contributed by atoms with van der Waals surface area (Å²) in [6, 6.07) is -1.99. The zero-order chi connectivity index (χ0) is 14.6. The van der Waals surface area contributed by atoms with Gasteiger partial charge in [0.05, 0.1) is 0 Å². The van der Waals surface area contributed by atoms with Gasteiger partial charge in [-0.1, -0.05) is 6.92 Å². The molecule has 0 aliphatic heterocycles. The van der Waals surface area contributed by atoms with Gasteiger partial charge in [0.1, 0.15) is 6.04 Å². The van der Waals surface area contributed by atoms with Gasteiger partial charge in [0.15, 0.2) is 0 Å². The van der Waals surface area contributed by atoms with Crippen molar-refractivity contribution < 1.29 is 36.6 Å². The summed E-state index contributed by atoms with van der Waals surface area (Å²) in [6.45, 7) is 1.16. The summed E-state index contributed by atoms with van der Waals surface area (Å²) in [5, 5.41) is 9.69. The standard InChI is InChI=1S/C9H12F5NO3/c1-2-8(10,11)4-3-5(6(16)17)15-7(18)9(12,13)14/h5H,2-4H2,1H3,(H,15,18)(H,16,17)/t5-/m0/s1. The average molecular weight is 277 g/mol. The smallest absolute Gasteiger partial charge is 0.471 e. The van der Waals surface area contributed by atoms with Crippen molar-refractivity contribution in [2.45, 2.75) is 44.3 Å². The molecule has 106 valence electrons. The zero-order valence-electron chi connectivity index (χ0n) is 9.35. The number of carboxylic acids is 1. The molecule has 1 amide bonds. The molecule has 0 bridgehead atoms. The van der Waals surface area contributed by atoms with Crippen molar-refractivity contribution >= 4 is 11.9 Å². The number of carbonyl (C=O) groups excluding carboxylic acids is 1. The molecule has 0 rings (SSSR count). The van der Waals surface area contributed by atoms with Crippen molar-refractivity contribution in [3.63, 3.8) is 0 Å². The van der Waals surface area contributed by atoms with Crippen LogP contribution < -0.4 is 5.32 Å². The van der Waals surface area contributed by atoms with Gasteiger partial charge < -0.3 is 10.4 Å². The molecule has 0 radical (unpaired) electrons. The van der Waals surface area contributed by atoms with Crippen molar-refractivity contribution in [1.29, 1.82) is 0 Å². The van der Waals surface area contributed by atoms with Crippen LogP contribution in [-0.2, 0) is 9.59 Å². The Morgan fingerprint density at radius 3 is 2.06 bits per heavy atom. The molecule has 0 aromatic rings. The highest BCUT2D eigenvalue weighted by molar-refractivity contribution is 5.86. The van der Waals surface area contributed by atoms with Crippen molar-refractivity contribution in [3.05, 3.63) is 0 Å². The van der Waals surface area contributed by atoms with Crippen LogP contribution in [-0.4, -0.2) is 35.1 Å². The Kier molecular flexibility index (Phi) is 5.50. The lowest BCUT2D eigenvalue weighted by molar-refractivity contribution is -0.175. The van der Waals surface area contributed by atoms with Crippen LogP contribution in [0.25, 0.3) is 0 Å². The van der Waals surface area contributed by atoms with Crippen molar-refractivity contribution in [2.24, 2.45) is 0 Å². The Labute approximate surface area is 99.2 Å². The monoisotopic (exact) mass is 277 g/mol. The summed E-state index contributed by atoms with van der Waals surface area (Å²) in [5.41, 5.74) is 0. The number of nitrogens with one attached hydrogen (secondary N) is 1. The van der Waals surface area contributed by atoms with E-state index in [9.17, 15) is 31.5 Å². The fourth-order valence-electron chi connectivity index (χ4n) is 1.03. The average Bonchev–Trinajstić information content (AvgIpc) is 2.22. The largest absolute Gasteiger partial charge is 0.480 e. The van der Waals surface area contributed by atoms with E-state index in [1.54, 1.807) is 0 Å². The van der Waals surface area contributed by atoms with E-state index in [0.29, 0.717) is 0 Å². The first-order valence-corrected chi connectivity index (χ1v) is 4.98. The lowest BCUT2D eigenvalue weighted by Gasteiger charge is -2.19. The Morgan fingerprint density at radius 1 is 1.22 bits per heavy atom. The fraction of sp³-hybridized carbons (Fsp3) is 0.778. The molecule has 0 saturated carbocycles. The number of alkyl halides is 5. The van der Waals surface area contributed by atoms with Gasteiger partial charge >= 0.3 is 18.1 Å². The van der Waals surface area contributed by atoms with E-state index in [0.717, 1.165) is 12.2 Å². The lowest BCUT2D eigenvalue weighted by Crippen LogP contribution is -2.47. The number of amides is 1. The van der Waals surface area contributed by atoms with Gasteiger partial charge in [0.25, 0.3) is 0 Å². The first-order valence-electron chi connectivity index (χ1n) is 4.98. The van der Waals surface area contributed by atoms with E-state index in [4.69, 9.17) is 5.11 Å². The zero-order valence-corrected chi connectivity index (χ0v) is 9.35. The minimum absolute atomic E-state index is 0.563. The van der Waals surface area contributed by atoms with E-state index in [1.165, 1.54) is 0 Å². The van der Waals surface area contributed by atoms with Gasteiger partial charge in [-0.3, -0.25) is 4.79 Å². The molecule has 0 aliphatic rings. The predicted molar refractivity (Wildman–Crippen MR) is 50.1 cm³/mol. The van der Waals surface area contributed by atoms with Crippen molar-refractivity contribution in [1.82, 2.24) is 5.32 Å². The number of carboxylic acid groups (broad SMARTS) is 1. The third kappa shape index (κ3) is 5.78. The SMILES string of the molecule is CCC(F)(F)CC[C@H](NC(=O)C(F)(F)F)C(=O)O. The van der Waals surface area contributed by atoms with Crippen LogP contribution in [0, 0.1) is 0 Å². The fourth-order valence-corrected chi connectivity index (χ4v) is 1.03. The number of halogens is 5. The highest BCUT2D eigenvalue weighted by Crippen LogP contribution is 2.25. The number of carbonyl (C=O) groups is 2. The summed E-state index contributed by atoms with van der Waals surface area (Å²) in [7, 11) is 0. The summed E-state index contributed by atoms with van der Waals surface area (Å²) in [4.78, 5) is 21.0. The lowest BCUT2D eigenvalue weighted by atomic mass is 10.1. The molecule has 2 N–H and O–H groups in total. The van der Waals surface area contributed by atoms with E-state index >= 15 is 0 Å². The van der Waals surface area contributed by atoms with Gasteiger partial charge in [0, 0.05) is 12.8 Å². The molecular weight excluding hydrogens is 265 g/mol. The van der Waals surface area contributed by atoms with Crippen LogP contribution in [0.15, 0.2) is 0 Å². The van der Waals surface area contributed by atoms with Crippen LogP contribution >= 0.6 is 0 Å². The maximum Gasteiger partial charge on any atom is 0.471 e. The molecule has 0 spiro atoms. The van der Waals surface area contributed by atoms with Gasteiger partial charge in [-0.2, -0.15) is 13.2 Å². The van der Waals surface area contributed by atoms with Gasteiger partial charge in [0.2, 0.25) is 5.92 Å². The first kappa shape index (κ1) is 16.6. The number of aliphatic carboxylic acids is 1. The third-order valence-electron chi connectivity index (χ3n) is 2.18. The quantitative estimate of drug-likeness (QED) is 0.729. The second-order valence-corrected chi connectivity index (χ2v) is 3.61. The minimum atomic E-state index is -5.25. The molecule has 4 nitrogen and oxygen atoms in total. The second-order valence-electron chi connectivity index (χ2n) is 3.61. The summed E-state index contributed by atoms with van der Waals surface area (Å²) in [5.74, 6) is -7.43. The number of hydrogen-bond donors (Lipinski definition) is 2. The third-order valence-corrected chi connectivity index (χ3v) is 2.18. The molecule has 1 atom stereocenters. The van der Waals surface area contributed by atoms with Gasteiger partial charge in [-0.05, 0) is 6.42 Å². The predicted octanol–water partition coefficient (Wildman–Crippen LogP) is 1.94. The normalized spacial score (nSPS) is 14.1. The Hall–Kier alpha value is -1.41. The number of hydrogen-bond acceptors (Lipinski definition) is 2. The maximum absolute atomic E-state index is 12.8. The molecule has 0 fully saturated rings. The topological polar surface area (TPSA) is 66.4 Å². The summed E-state index contributed by atoms with van der Waals surface area (Å²) >= 11 is 0. The molecule has 0 saturated heterocycles. The Morgan fingerprint density at radius 2 is 1.72 bits per heavy atom. The summed E-state index contributed by atoms with van der Waals surface area (Å²) < 4.78 is 61.2. The van der Waals surface area contributed by atoms with E-state index < -0.39 is 49.3 Å². The van der Waals surface area contributed by atoms with Crippen LogP contribution in [0.5, 0.6) is 0 Å². The molecule has 0 heterocycles. The molecule has 9 heteroatoms. The molecule has 0 aromatic heterocycles. The highest BCUT2D eigenvalue weighted by atomic mass is 19.4. The molecule has 18 heavy (non-hydrogen) atoms. The molecule has 0 aliphatic carbocycles. The Balaban J connectivity index is 4.52. The number of rotatable bonds is 6. The van der Waals surface area contributed by atoms with E-state index in [1.807, 2.05) is 0 Å².